The normalized spacial score (nSPS) is 12.0. The minimum absolute atomic E-state index is 0.0217. The monoisotopic (exact) mass is 387 g/mol. The molecule has 3 heterocycles. The highest BCUT2D eigenvalue weighted by Crippen LogP contribution is 2.31. The third-order valence-corrected chi connectivity index (χ3v) is 4.58. The van der Waals surface area contributed by atoms with Gasteiger partial charge in [-0.15, -0.1) is 10.2 Å². The summed E-state index contributed by atoms with van der Waals surface area (Å²) in [6, 6.07) is 9.98. The number of hydrogen-bond donors (Lipinski definition) is 1. The third kappa shape index (κ3) is 3.19. The van der Waals surface area contributed by atoms with Gasteiger partial charge in [0.15, 0.2) is 11.5 Å². The molecule has 0 aliphatic carbocycles. The van der Waals surface area contributed by atoms with E-state index >= 15 is 0 Å². The van der Waals surface area contributed by atoms with Gasteiger partial charge in [-0.2, -0.15) is 13.2 Å². The zero-order chi connectivity index (χ0) is 19.9. The Morgan fingerprint density at radius 1 is 1.14 bits per heavy atom. The lowest BCUT2D eigenvalue weighted by molar-refractivity contribution is -0.136. The van der Waals surface area contributed by atoms with Crippen molar-refractivity contribution < 1.29 is 18.0 Å². The van der Waals surface area contributed by atoms with Crippen molar-refractivity contribution in [3.05, 3.63) is 65.7 Å². The predicted octanol–water partition coefficient (Wildman–Crippen LogP) is 3.10. The maximum atomic E-state index is 13.1. The van der Waals surface area contributed by atoms with Gasteiger partial charge in [0.1, 0.15) is 5.56 Å². The molecule has 4 rings (SSSR count). The molecule has 1 N–H and O–H groups in total. The van der Waals surface area contributed by atoms with E-state index in [0.717, 1.165) is 22.5 Å². The molecule has 0 spiro atoms. The number of aryl methyl sites for hydroxylation is 1. The van der Waals surface area contributed by atoms with Gasteiger partial charge in [0.25, 0.3) is 0 Å². The zero-order valence-corrected chi connectivity index (χ0v) is 14.9. The first-order valence-electron chi connectivity index (χ1n) is 8.54. The third-order valence-electron chi connectivity index (χ3n) is 4.58. The topological polar surface area (TPSA) is 64.2 Å². The van der Waals surface area contributed by atoms with Gasteiger partial charge in [-0.1, -0.05) is 18.2 Å². The van der Waals surface area contributed by atoms with Crippen LogP contribution in [-0.2, 0) is 31.0 Å². The van der Waals surface area contributed by atoms with Crippen LogP contribution in [0.2, 0.25) is 0 Å². The molecule has 0 bridgehead atoms. The molecule has 0 radical (unpaired) electrons. The average molecular weight is 387 g/mol. The maximum absolute atomic E-state index is 13.1. The van der Waals surface area contributed by atoms with Crippen molar-refractivity contribution in [2.24, 2.45) is 7.05 Å². The number of nitrogens with one attached hydrogen (secondary N) is 1. The van der Waals surface area contributed by atoms with E-state index in [0.29, 0.717) is 0 Å². The molecule has 4 aromatic rings. The molecule has 0 aliphatic rings. The summed E-state index contributed by atoms with van der Waals surface area (Å²) in [5.74, 6) is -0.0209. The number of carbonyl (C=O) groups excluding carboxylic acids is 1. The second kappa shape index (κ2) is 6.66. The molecule has 6 nitrogen and oxygen atoms in total. The Kier molecular flexibility index (Phi) is 4.29. The summed E-state index contributed by atoms with van der Waals surface area (Å²) in [7, 11) is 1.91. The van der Waals surface area contributed by atoms with Crippen LogP contribution in [0.15, 0.2) is 48.8 Å². The van der Waals surface area contributed by atoms with Crippen LogP contribution in [0, 0.1) is 0 Å². The van der Waals surface area contributed by atoms with Crippen molar-refractivity contribution in [3.8, 4) is 0 Å². The molecule has 0 saturated heterocycles. The van der Waals surface area contributed by atoms with Gasteiger partial charge < -0.3 is 9.88 Å². The highest BCUT2D eigenvalue weighted by Gasteiger charge is 2.34. The lowest BCUT2D eigenvalue weighted by atomic mass is 10.1. The van der Waals surface area contributed by atoms with Crippen LogP contribution in [0.5, 0.6) is 0 Å². The summed E-state index contributed by atoms with van der Waals surface area (Å²) >= 11 is 0. The van der Waals surface area contributed by atoms with Crippen LogP contribution in [0.25, 0.3) is 16.6 Å². The Balaban J connectivity index is 1.51. The van der Waals surface area contributed by atoms with Crippen LogP contribution in [0.4, 0.5) is 13.2 Å². The SMILES string of the molecule is Cn1cc(CC(=O)NCc2nnc3c(C(F)(F)F)cccn23)c2ccccc21. The maximum Gasteiger partial charge on any atom is 0.420 e. The first-order chi connectivity index (χ1) is 13.3. The van der Waals surface area contributed by atoms with Crippen LogP contribution in [0.1, 0.15) is 17.0 Å². The molecular formula is C19H16F3N5O. The second-order valence-electron chi connectivity index (χ2n) is 6.47. The molecule has 1 aromatic carbocycles. The Hall–Kier alpha value is -3.36. The standard InChI is InChI=1S/C19H16F3N5O/c1-26-11-12(13-5-2-3-7-15(13)26)9-17(28)23-10-16-24-25-18-14(19(20,21)22)6-4-8-27(16)18/h2-8,11H,9-10H2,1H3,(H,23,28). The van der Waals surface area contributed by atoms with E-state index in [1.165, 1.54) is 16.7 Å². The number of aromatic nitrogens is 4. The minimum atomic E-state index is -4.52. The van der Waals surface area contributed by atoms with Crippen LogP contribution >= 0.6 is 0 Å². The fourth-order valence-corrected chi connectivity index (χ4v) is 3.29. The van der Waals surface area contributed by atoms with Gasteiger partial charge in [-0.25, -0.2) is 0 Å². The van der Waals surface area contributed by atoms with Crippen LogP contribution < -0.4 is 5.32 Å². The van der Waals surface area contributed by atoms with Gasteiger partial charge in [0.2, 0.25) is 5.91 Å². The summed E-state index contributed by atoms with van der Waals surface area (Å²) in [6.45, 7) is -0.0217. The van der Waals surface area contributed by atoms with E-state index in [4.69, 9.17) is 0 Å². The van der Waals surface area contributed by atoms with Crippen molar-refractivity contribution in [2.75, 3.05) is 0 Å². The predicted molar refractivity (Wildman–Crippen MR) is 96.5 cm³/mol. The van der Waals surface area contributed by atoms with E-state index in [2.05, 4.69) is 15.5 Å². The quantitative estimate of drug-likeness (QED) is 0.585. The fraction of sp³-hybridized carbons (Fsp3) is 0.211. The number of amides is 1. The second-order valence-corrected chi connectivity index (χ2v) is 6.47. The Labute approximate surface area is 157 Å². The van der Waals surface area contributed by atoms with Crippen molar-refractivity contribution in [2.45, 2.75) is 19.1 Å². The summed E-state index contributed by atoms with van der Waals surface area (Å²) < 4.78 is 42.4. The van der Waals surface area contributed by atoms with E-state index in [9.17, 15) is 18.0 Å². The van der Waals surface area contributed by atoms with Crippen LogP contribution in [0.3, 0.4) is 0 Å². The van der Waals surface area contributed by atoms with Crippen LogP contribution in [-0.4, -0.2) is 25.1 Å². The van der Waals surface area contributed by atoms with E-state index in [1.54, 1.807) is 0 Å². The number of rotatable bonds is 4. The lowest BCUT2D eigenvalue weighted by Gasteiger charge is -2.08. The van der Waals surface area contributed by atoms with Gasteiger partial charge in [0, 0.05) is 30.3 Å². The lowest BCUT2D eigenvalue weighted by Crippen LogP contribution is -2.25. The number of pyridine rings is 1. The molecule has 9 heteroatoms. The van der Waals surface area contributed by atoms with Crippen molar-refractivity contribution in [1.82, 2.24) is 24.5 Å². The number of halogens is 3. The minimum Gasteiger partial charge on any atom is -0.350 e. The number of fused-ring (bicyclic) bond motifs is 2. The Morgan fingerprint density at radius 3 is 2.71 bits per heavy atom. The molecule has 144 valence electrons. The first-order valence-corrected chi connectivity index (χ1v) is 8.54. The van der Waals surface area contributed by atoms with E-state index in [-0.39, 0.29) is 30.3 Å². The van der Waals surface area contributed by atoms with Crippen molar-refractivity contribution >= 4 is 22.5 Å². The fourth-order valence-electron chi connectivity index (χ4n) is 3.29. The van der Waals surface area contributed by atoms with Crippen molar-refractivity contribution in [3.63, 3.8) is 0 Å². The summed E-state index contributed by atoms with van der Waals surface area (Å²) in [5.41, 5.74) is 0.749. The van der Waals surface area contributed by atoms with E-state index in [1.807, 2.05) is 42.1 Å². The van der Waals surface area contributed by atoms with Gasteiger partial charge in [-0.05, 0) is 23.8 Å². The first kappa shape index (κ1) is 18.0. The molecule has 28 heavy (non-hydrogen) atoms. The van der Waals surface area contributed by atoms with Gasteiger partial charge in [-0.3, -0.25) is 9.20 Å². The number of nitrogens with zero attached hydrogens (tertiary/aromatic N) is 4. The van der Waals surface area contributed by atoms with Gasteiger partial charge in [0.05, 0.1) is 13.0 Å². The smallest absolute Gasteiger partial charge is 0.350 e. The molecule has 0 aliphatic heterocycles. The molecule has 1 amide bonds. The van der Waals surface area contributed by atoms with Gasteiger partial charge >= 0.3 is 6.18 Å². The van der Waals surface area contributed by atoms with Crippen molar-refractivity contribution in [1.29, 1.82) is 0 Å². The summed E-state index contributed by atoms with van der Waals surface area (Å²) in [5, 5.41) is 11.1. The van der Waals surface area contributed by atoms with E-state index < -0.39 is 11.7 Å². The Bertz CT molecular complexity index is 1180. The number of hydrogen-bond acceptors (Lipinski definition) is 3. The molecule has 0 saturated carbocycles. The number of benzene rings is 1. The molecule has 3 aromatic heterocycles. The number of alkyl halides is 3. The number of para-hydroxylation sites is 1. The highest BCUT2D eigenvalue weighted by molar-refractivity contribution is 5.89. The average Bonchev–Trinajstić information content (AvgIpc) is 3.21. The number of carbonyl (C=O) groups is 1. The molecule has 0 unspecified atom stereocenters. The zero-order valence-electron chi connectivity index (χ0n) is 14.9. The summed E-state index contributed by atoms with van der Waals surface area (Å²) in [4.78, 5) is 12.4. The summed E-state index contributed by atoms with van der Waals surface area (Å²) in [6.07, 6.45) is -1.03. The largest absolute Gasteiger partial charge is 0.420 e. The molecular weight excluding hydrogens is 371 g/mol. The Morgan fingerprint density at radius 2 is 1.93 bits per heavy atom. The molecule has 0 atom stereocenters. The molecule has 0 fully saturated rings. The highest BCUT2D eigenvalue weighted by atomic mass is 19.4.